The number of nitrogens with zero attached hydrogens (tertiary/aromatic N) is 2. The summed E-state index contributed by atoms with van der Waals surface area (Å²) in [6.45, 7) is 3.92. The molecule has 0 saturated carbocycles. The summed E-state index contributed by atoms with van der Waals surface area (Å²) < 4.78 is 10.8. The van der Waals surface area contributed by atoms with Gasteiger partial charge in [0, 0.05) is 31.5 Å². The van der Waals surface area contributed by atoms with E-state index < -0.39 is 0 Å². The predicted molar refractivity (Wildman–Crippen MR) is 60.3 cm³/mol. The maximum Gasteiger partial charge on any atom is 0.222 e. The molecular weight excluding hydrogens is 206 g/mol. The van der Waals surface area contributed by atoms with Gasteiger partial charge in [-0.3, -0.25) is 0 Å². The molecule has 1 fully saturated rings. The molecule has 2 heterocycles. The maximum absolute atomic E-state index is 5.54. The Morgan fingerprint density at radius 3 is 3.06 bits per heavy atom. The topological polar surface area (TPSA) is 56.3 Å². The van der Waals surface area contributed by atoms with Crippen molar-refractivity contribution in [3.63, 3.8) is 0 Å². The first-order valence-electron chi connectivity index (χ1n) is 5.61. The second kappa shape index (κ2) is 6.40. The lowest BCUT2D eigenvalue weighted by atomic mass is 10.1. The molecule has 1 aliphatic rings. The highest BCUT2D eigenvalue weighted by atomic mass is 16.5. The van der Waals surface area contributed by atoms with Gasteiger partial charge in [-0.05, 0) is 12.5 Å². The van der Waals surface area contributed by atoms with Gasteiger partial charge in [0.2, 0.25) is 5.95 Å². The molecule has 1 N–H and O–H groups in total. The van der Waals surface area contributed by atoms with Crippen LogP contribution in [0.5, 0.6) is 0 Å². The highest BCUT2D eigenvalue weighted by molar-refractivity contribution is 5.21. The molecule has 0 unspecified atom stereocenters. The molecule has 5 nitrogen and oxygen atoms in total. The van der Waals surface area contributed by atoms with Gasteiger partial charge in [-0.2, -0.15) is 0 Å². The van der Waals surface area contributed by atoms with Gasteiger partial charge in [0.15, 0.2) is 0 Å². The lowest BCUT2D eigenvalue weighted by molar-refractivity contribution is 0.0964. The lowest BCUT2D eigenvalue weighted by Crippen LogP contribution is -2.15. The normalized spacial score (nSPS) is 19.9. The van der Waals surface area contributed by atoms with Gasteiger partial charge < -0.3 is 14.8 Å². The Hall–Kier alpha value is -1.20. The molecule has 5 heteroatoms. The number of hydrogen-bond donors (Lipinski definition) is 1. The maximum atomic E-state index is 5.54. The van der Waals surface area contributed by atoms with Crippen molar-refractivity contribution in [2.45, 2.75) is 6.42 Å². The summed E-state index contributed by atoms with van der Waals surface area (Å²) in [7, 11) is 0. The standard InChI is InChI=1S/C11H17N3O2/c1-3-12-11(13-4-1)14-5-7-16-9-10-2-6-15-8-10/h1,3-4,10H,2,5-9H2,(H,12,13,14)/t10-/m0/s1. The van der Waals surface area contributed by atoms with Crippen molar-refractivity contribution in [3.8, 4) is 0 Å². The van der Waals surface area contributed by atoms with E-state index in [-0.39, 0.29) is 0 Å². The average Bonchev–Trinajstić information content (AvgIpc) is 2.83. The largest absolute Gasteiger partial charge is 0.381 e. The Bertz CT molecular complexity index is 289. The summed E-state index contributed by atoms with van der Waals surface area (Å²) in [6, 6.07) is 1.79. The van der Waals surface area contributed by atoms with Gasteiger partial charge in [0.25, 0.3) is 0 Å². The molecule has 88 valence electrons. The first kappa shape index (κ1) is 11.3. The fourth-order valence-corrected chi connectivity index (χ4v) is 1.59. The number of rotatable bonds is 6. The molecule has 1 aliphatic heterocycles. The van der Waals surface area contributed by atoms with Gasteiger partial charge in [0.05, 0.1) is 19.8 Å². The van der Waals surface area contributed by atoms with Crippen molar-refractivity contribution in [3.05, 3.63) is 18.5 Å². The molecule has 1 atom stereocenters. The SMILES string of the molecule is c1cnc(NCCOC[C@H]2CCOC2)nc1. The van der Waals surface area contributed by atoms with Crippen molar-refractivity contribution < 1.29 is 9.47 Å². The molecule has 2 rings (SSSR count). The zero-order valence-electron chi connectivity index (χ0n) is 9.26. The van der Waals surface area contributed by atoms with E-state index >= 15 is 0 Å². The third-order valence-electron chi connectivity index (χ3n) is 2.47. The third kappa shape index (κ3) is 3.75. The van der Waals surface area contributed by atoms with E-state index in [9.17, 15) is 0 Å². The van der Waals surface area contributed by atoms with Crippen LogP contribution in [0, 0.1) is 5.92 Å². The molecule has 1 aromatic heterocycles. The average molecular weight is 223 g/mol. The lowest BCUT2D eigenvalue weighted by Gasteiger charge is -2.09. The highest BCUT2D eigenvalue weighted by Crippen LogP contribution is 2.11. The molecule has 0 bridgehead atoms. The minimum Gasteiger partial charge on any atom is -0.381 e. The summed E-state index contributed by atoms with van der Waals surface area (Å²) in [6.07, 6.45) is 4.55. The fraction of sp³-hybridized carbons (Fsp3) is 0.636. The number of aromatic nitrogens is 2. The summed E-state index contributed by atoms with van der Waals surface area (Å²) in [4.78, 5) is 8.11. The molecule has 1 saturated heterocycles. The highest BCUT2D eigenvalue weighted by Gasteiger charge is 2.14. The first-order chi connectivity index (χ1) is 7.95. The number of nitrogens with one attached hydrogen (secondary N) is 1. The van der Waals surface area contributed by atoms with E-state index in [0.29, 0.717) is 18.5 Å². The predicted octanol–water partition coefficient (Wildman–Crippen LogP) is 0.942. The van der Waals surface area contributed by atoms with Crippen molar-refractivity contribution in [1.29, 1.82) is 0 Å². The van der Waals surface area contributed by atoms with E-state index in [1.54, 1.807) is 18.5 Å². The second-order valence-electron chi connectivity index (χ2n) is 3.80. The summed E-state index contributed by atoms with van der Waals surface area (Å²) in [5.41, 5.74) is 0. The van der Waals surface area contributed by atoms with Crippen LogP contribution in [0.3, 0.4) is 0 Å². The molecule has 0 aliphatic carbocycles. The molecule has 0 spiro atoms. The van der Waals surface area contributed by atoms with Gasteiger partial charge in [-0.1, -0.05) is 0 Å². The molecule has 16 heavy (non-hydrogen) atoms. The zero-order valence-corrected chi connectivity index (χ0v) is 9.26. The number of anilines is 1. The third-order valence-corrected chi connectivity index (χ3v) is 2.47. The molecule has 0 aromatic carbocycles. The van der Waals surface area contributed by atoms with E-state index in [1.807, 2.05) is 0 Å². The van der Waals surface area contributed by atoms with Crippen molar-refractivity contribution in [2.24, 2.45) is 5.92 Å². The van der Waals surface area contributed by atoms with Crippen LogP contribution in [0.4, 0.5) is 5.95 Å². The molecule has 0 amide bonds. The van der Waals surface area contributed by atoms with E-state index in [1.165, 1.54) is 0 Å². The van der Waals surface area contributed by atoms with E-state index in [4.69, 9.17) is 9.47 Å². The van der Waals surface area contributed by atoms with Gasteiger partial charge in [0.1, 0.15) is 0 Å². The Morgan fingerprint density at radius 2 is 2.31 bits per heavy atom. The van der Waals surface area contributed by atoms with Crippen molar-refractivity contribution in [2.75, 3.05) is 38.3 Å². The minimum absolute atomic E-state index is 0.577. The van der Waals surface area contributed by atoms with Crippen molar-refractivity contribution in [1.82, 2.24) is 9.97 Å². The van der Waals surface area contributed by atoms with Crippen LogP contribution in [0.1, 0.15) is 6.42 Å². The van der Waals surface area contributed by atoms with Crippen molar-refractivity contribution >= 4 is 5.95 Å². The Morgan fingerprint density at radius 1 is 1.44 bits per heavy atom. The van der Waals surface area contributed by atoms with Gasteiger partial charge >= 0.3 is 0 Å². The van der Waals surface area contributed by atoms with Crippen LogP contribution in [0.25, 0.3) is 0 Å². The van der Waals surface area contributed by atoms with E-state index in [0.717, 1.165) is 32.8 Å². The molecule has 1 aromatic rings. The Balaban J connectivity index is 1.52. The summed E-state index contributed by atoms with van der Waals surface area (Å²) in [5, 5.41) is 3.09. The van der Waals surface area contributed by atoms with Crippen LogP contribution in [-0.4, -0.2) is 42.9 Å². The summed E-state index contributed by atoms with van der Waals surface area (Å²) >= 11 is 0. The minimum atomic E-state index is 0.577. The van der Waals surface area contributed by atoms with Crippen LogP contribution in [0.2, 0.25) is 0 Å². The van der Waals surface area contributed by atoms with E-state index in [2.05, 4.69) is 15.3 Å². The van der Waals surface area contributed by atoms with Gasteiger partial charge in [-0.25, -0.2) is 9.97 Å². The van der Waals surface area contributed by atoms with Crippen LogP contribution >= 0.6 is 0 Å². The Kier molecular flexibility index (Phi) is 4.51. The van der Waals surface area contributed by atoms with Gasteiger partial charge in [-0.15, -0.1) is 0 Å². The number of ether oxygens (including phenoxy) is 2. The Labute approximate surface area is 95.2 Å². The van der Waals surface area contributed by atoms with Crippen LogP contribution in [0.15, 0.2) is 18.5 Å². The number of hydrogen-bond acceptors (Lipinski definition) is 5. The smallest absolute Gasteiger partial charge is 0.222 e. The molecule has 0 radical (unpaired) electrons. The van der Waals surface area contributed by atoms with Crippen LogP contribution < -0.4 is 5.32 Å². The van der Waals surface area contributed by atoms with Crippen LogP contribution in [-0.2, 0) is 9.47 Å². The monoisotopic (exact) mass is 223 g/mol. The zero-order chi connectivity index (χ0) is 11.1. The fourth-order valence-electron chi connectivity index (χ4n) is 1.59. The summed E-state index contributed by atoms with van der Waals surface area (Å²) in [5.74, 6) is 1.23. The second-order valence-corrected chi connectivity index (χ2v) is 3.80. The quantitative estimate of drug-likeness (QED) is 0.727. The molecular formula is C11H17N3O2. The first-order valence-corrected chi connectivity index (χ1v) is 5.61.